The van der Waals surface area contributed by atoms with Gasteiger partial charge < -0.3 is 20.1 Å². The molecule has 0 fully saturated rings. The lowest BCUT2D eigenvalue weighted by Crippen LogP contribution is -2.49. The maximum Gasteiger partial charge on any atom is 0.407 e. The number of methoxy groups -OCH3 is 1. The Kier molecular flexibility index (Phi) is 8.30. The molecule has 0 aliphatic carbocycles. The van der Waals surface area contributed by atoms with E-state index in [1.165, 1.54) is 13.2 Å². The summed E-state index contributed by atoms with van der Waals surface area (Å²) in [4.78, 5) is 35.5. The molecule has 0 spiro atoms. The molecule has 7 nitrogen and oxygen atoms in total. The van der Waals surface area contributed by atoms with Crippen molar-refractivity contribution in [3.63, 3.8) is 0 Å². The highest BCUT2D eigenvalue weighted by Crippen LogP contribution is 2.03. The number of aliphatic carboxylic acids is 1. The fourth-order valence-corrected chi connectivity index (χ4v) is 1.52. The van der Waals surface area contributed by atoms with Crippen LogP contribution in [0, 0.1) is 12.3 Å². The van der Waals surface area contributed by atoms with Gasteiger partial charge in [-0.2, -0.15) is 0 Å². The number of carboxylic acids is 1. The van der Waals surface area contributed by atoms with Crippen LogP contribution in [0.4, 0.5) is 4.79 Å². The predicted octanol–water partition coefficient (Wildman–Crippen LogP) is 0.614. The minimum absolute atomic E-state index is 0.0948. The number of nitrogens with zero attached hydrogens (tertiary/aromatic N) is 1. The van der Waals surface area contributed by atoms with E-state index in [9.17, 15) is 14.4 Å². The topological polar surface area (TPSA) is 95.9 Å². The van der Waals surface area contributed by atoms with Crippen LogP contribution in [-0.4, -0.2) is 54.2 Å². The average molecular weight is 296 g/mol. The molecule has 0 saturated carbocycles. The van der Waals surface area contributed by atoms with Crippen LogP contribution in [0.5, 0.6) is 0 Å². The number of carbonyl (C=O) groups excluding carboxylic acids is 2. The van der Waals surface area contributed by atoms with Crippen LogP contribution in [0.1, 0.15) is 20.3 Å². The lowest BCUT2D eigenvalue weighted by Gasteiger charge is -2.24. The SMILES string of the molecule is C#CCCN(CC(=O)O)C(=O)C(C=C(C)C)NC(=O)OC. The quantitative estimate of drug-likeness (QED) is 0.530. The first kappa shape index (κ1) is 18.5. The first-order valence-electron chi connectivity index (χ1n) is 6.25. The predicted molar refractivity (Wildman–Crippen MR) is 76.4 cm³/mol. The Hall–Kier alpha value is -2.49. The summed E-state index contributed by atoms with van der Waals surface area (Å²) in [6, 6.07) is -1.00. The summed E-state index contributed by atoms with van der Waals surface area (Å²) in [5.41, 5.74) is 0.789. The van der Waals surface area contributed by atoms with Crippen molar-refractivity contribution < 1.29 is 24.2 Å². The molecule has 0 aromatic heterocycles. The van der Waals surface area contributed by atoms with Crippen molar-refractivity contribution in [3.8, 4) is 12.3 Å². The van der Waals surface area contributed by atoms with E-state index in [1.807, 2.05) is 0 Å². The maximum absolute atomic E-state index is 12.4. The number of carboxylic acid groups (broad SMARTS) is 1. The van der Waals surface area contributed by atoms with E-state index in [0.717, 1.165) is 10.5 Å². The third-order valence-electron chi connectivity index (χ3n) is 2.39. The van der Waals surface area contributed by atoms with Gasteiger partial charge in [-0.1, -0.05) is 11.6 Å². The summed E-state index contributed by atoms with van der Waals surface area (Å²) in [6.45, 7) is 3.11. The number of amides is 2. The van der Waals surface area contributed by atoms with Crippen molar-refractivity contribution in [3.05, 3.63) is 11.6 Å². The smallest absolute Gasteiger partial charge is 0.407 e. The lowest BCUT2D eigenvalue weighted by molar-refractivity contribution is -0.144. The number of hydrogen-bond acceptors (Lipinski definition) is 4. The zero-order valence-electron chi connectivity index (χ0n) is 12.4. The van der Waals surface area contributed by atoms with Crippen LogP contribution < -0.4 is 5.32 Å². The van der Waals surface area contributed by atoms with Gasteiger partial charge in [0.1, 0.15) is 12.6 Å². The summed E-state index contributed by atoms with van der Waals surface area (Å²) in [5, 5.41) is 11.2. The zero-order valence-corrected chi connectivity index (χ0v) is 12.4. The normalized spacial score (nSPS) is 10.8. The number of nitrogens with one attached hydrogen (secondary N) is 1. The second-order valence-corrected chi connectivity index (χ2v) is 4.47. The van der Waals surface area contributed by atoms with Crippen molar-refractivity contribution in [2.24, 2.45) is 0 Å². The molecule has 0 bridgehead atoms. The molecule has 0 saturated heterocycles. The van der Waals surface area contributed by atoms with E-state index in [4.69, 9.17) is 11.5 Å². The highest BCUT2D eigenvalue weighted by Gasteiger charge is 2.25. The molecule has 0 rings (SSSR count). The van der Waals surface area contributed by atoms with Gasteiger partial charge in [-0.05, 0) is 13.8 Å². The van der Waals surface area contributed by atoms with Crippen LogP contribution >= 0.6 is 0 Å². The Morgan fingerprint density at radius 2 is 2.05 bits per heavy atom. The van der Waals surface area contributed by atoms with Gasteiger partial charge in [-0.25, -0.2) is 4.79 Å². The molecule has 0 aliphatic heterocycles. The highest BCUT2D eigenvalue weighted by molar-refractivity contribution is 5.89. The van der Waals surface area contributed by atoms with Gasteiger partial charge in [0.05, 0.1) is 7.11 Å². The van der Waals surface area contributed by atoms with Gasteiger partial charge in [0.25, 0.3) is 0 Å². The fraction of sp³-hybridized carbons (Fsp3) is 0.500. The van der Waals surface area contributed by atoms with Crippen LogP contribution in [0.3, 0.4) is 0 Å². The molecule has 2 amide bonds. The van der Waals surface area contributed by atoms with Crippen LogP contribution in [0.25, 0.3) is 0 Å². The highest BCUT2D eigenvalue weighted by atomic mass is 16.5. The monoisotopic (exact) mass is 296 g/mol. The average Bonchev–Trinajstić information content (AvgIpc) is 2.40. The molecule has 1 atom stereocenters. The van der Waals surface area contributed by atoms with Gasteiger partial charge in [-0.15, -0.1) is 12.3 Å². The number of allylic oxidation sites excluding steroid dienone is 1. The molecule has 0 heterocycles. The van der Waals surface area contributed by atoms with Crippen LogP contribution in [0.15, 0.2) is 11.6 Å². The third kappa shape index (κ3) is 7.62. The van der Waals surface area contributed by atoms with E-state index in [0.29, 0.717) is 0 Å². The molecule has 21 heavy (non-hydrogen) atoms. The lowest BCUT2D eigenvalue weighted by atomic mass is 10.1. The molecule has 0 aromatic carbocycles. The maximum atomic E-state index is 12.4. The van der Waals surface area contributed by atoms with Crippen LogP contribution in [-0.2, 0) is 14.3 Å². The zero-order chi connectivity index (χ0) is 16.4. The van der Waals surface area contributed by atoms with Gasteiger partial charge >= 0.3 is 12.1 Å². The van der Waals surface area contributed by atoms with Gasteiger partial charge in [0, 0.05) is 13.0 Å². The number of ether oxygens (including phenoxy) is 1. The van der Waals surface area contributed by atoms with E-state index in [2.05, 4.69) is 16.0 Å². The molecular formula is C14H20N2O5. The second-order valence-electron chi connectivity index (χ2n) is 4.47. The molecular weight excluding hydrogens is 276 g/mol. The molecule has 7 heteroatoms. The minimum Gasteiger partial charge on any atom is -0.480 e. The second kappa shape index (κ2) is 9.42. The Bertz CT molecular complexity index is 460. The minimum atomic E-state index is -1.16. The summed E-state index contributed by atoms with van der Waals surface area (Å²) in [6.07, 6.45) is 6.09. The molecule has 2 N–H and O–H groups in total. The standard InChI is InChI=1S/C14H20N2O5/c1-5-6-7-16(9-12(17)18)13(19)11(8-10(2)3)15-14(20)21-4/h1,8,11H,6-7,9H2,2-4H3,(H,15,20)(H,17,18). The summed E-state index contributed by atoms with van der Waals surface area (Å²) < 4.78 is 4.46. The van der Waals surface area contributed by atoms with E-state index < -0.39 is 30.6 Å². The number of hydrogen-bond donors (Lipinski definition) is 2. The molecule has 116 valence electrons. The van der Waals surface area contributed by atoms with Gasteiger partial charge in [0.15, 0.2) is 0 Å². The van der Waals surface area contributed by atoms with Crippen molar-refractivity contribution in [1.82, 2.24) is 10.2 Å². The van der Waals surface area contributed by atoms with E-state index in [1.54, 1.807) is 13.8 Å². The molecule has 1 unspecified atom stereocenters. The van der Waals surface area contributed by atoms with Crippen molar-refractivity contribution >= 4 is 18.0 Å². The Labute approximate surface area is 123 Å². The summed E-state index contributed by atoms with van der Waals surface area (Å²) in [7, 11) is 1.17. The third-order valence-corrected chi connectivity index (χ3v) is 2.39. The molecule has 0 aromatic rings. The van der Waals surface area contributed by atoms with Crippen LogP contribution in [0.2, 0.25) is 0 Å². The van der Waals surface area contributed by atoms with Crippen molar-refractivity contribution in [2.45, 2.75) is 26.3 Å². The summed E-state index contributed by atoms with van der Waals surface area (Å²) >= 11 is 0. The van der Waals surface area contributed by atoms with Crippen molar-refractivity contribution in [2.75, 3.05) is 20.2 Å². The van der Waals surface area contributed by atoms with Gasteiger partial charge in [0.2, 0.25) is 5.91 Å². The van der Waals surface area contributed by atoms with Crippen molar-refractivity contribution in [1.29, 1.82) is 0 Å². The molecule has 0 radical (unpaired) electrons. The van der Waals surface area contributed by atoms with Gasteiger partial charge in [-0.3, -0.25) is 9.59 Å². The first-order valence-corrected chi connectivity index (χ1v) is 6.25. The largest absolute Gasteiger partial charge is 0.480 e. The molecule has 0 aliphatic rings. The Morgan fingerprint density at radius 3 is 2.48 bits per heavy atom. The van der Waals surface area contributed by atoms with E-state index >= 15 is 0 Å². The first-order chi connectivity index (χ1) is 9.81. The number of alkyl carbamates (subject to hydrolysis) is 1. The summed E-state index contributed by atoms with van der Waals surface area (Å²) in [5.74, 6) is 0.629. The fourth-order valence-electron chi connectivity index (χ4n) is 1.52. The number of rotatable bonds is 7. The number of carbonyl (C=O) groups is 3. The Morgan fingerprint density at radius 1 is 1.43 bits per heavy atom. The number of terminal acetylenes is 1. The van der Waals surface area contributed by atoms with E-state index in [-0.39, 0.29) is 13.0 Å². The Balaban J connectivity index is 5.17.